The second kappa shape index (κ2) is 5.87. The molecule has 1 aliphatic rings. The number of hydrogen-bond donors (Lipinski definition) is 0. The van der Waals surface area contributed by atoms with Crippen molar-refractivity contribution >= 4 is 17.1 Å². The number of rotatable bonds is 3. The number of carbonyl (C=O) groups excluding carboxylic acids is 1. The Bertz CT molecular complexity index is 989. The summed E-state index contributed by atoms with van der Waals surface area (Å²) in [5, 5.41) is 13.4. The van der Waals surface area contributed by atoms with Crippen LogP contribution in [0.15, 0.2) is 36.9 Å². The van der Waals surface area contributed by atoms with Crippen LogP contribution in [0.2, 0.25) is 0 Å². The molecule has 8 heteroatoms. The quantitative estimate of drug-likeness (QED) is 0.723. The second-order valence-corrected chi connectivity index (χ2v) is 5.69. The number of carbonyl (C=O) groups is 1. The van der Waals surface area contributed by atoms with Crippen LogP contribution in [0.4, 0.5) is 5.69 Å². The van der Waals surface area contributed by atoms with E-state index in [1.807, 2.05) is 12.3 Å². The van der Waals surface area contributed by atoms with Crippen LogP contribution in [0.1, 0.15) is 6.42 Å². The number of nitriles is 1. The van der Waals surface area contributed by atoms with Gasteiger partial charge >= 0.3 is 6.01 Å². The molecule has 0 radical (unpaired) electrons. The summed E-state index contributed by atoms with van der Waals surface area (Å²) >= 11 is 0. The Hall–Kier alpha value is -3.47. The van der Waals surface area contributed by atoms with E-state index < -0.39 is 5.92 Å². The number of anilines is 1. The molecule has 4 rings (SSSR count). The number of fused-ring (bicyclic) bond motifs is 1. The SMILES string of the molecule is COc1ncc(-c2cc3c(N4CCC(C#N)C4=O)ccnn3c2)cn1. The van der Waals surface area contributed by atoms with Gasteiger partial charge in [-0.15, -0.1) is 0 Å². The number of amides is 1. The molecule has 0 aromatic carbocycles. The molecule has 1 aliphatic heterocycles. The lowest BCUT2D eigenvalue weighted by atomic mass is 10.1. The molecule has 0 N–H and O–H groups in total. The Morgan fingerprint density at radius 1 is 1.32 bits per heavy atom. The molecule has 3 aromatic rings. The molecule has 4 heterocycles. The van der Waals surface area contributed by atoms with Crippen molar-refractivity contribution in [3.8, 4) is 23.2 Å². The van der Waals surface area contributed by atoms with Crippen LogP contribution in [0, 0.1) is 17.2 Å². The van der Waals surface area contributed by atoms with Gasteiger partial charge in [0.25, 0.3) is 0 Å². The van der Waals surface area contributed by atoms with E-state index >= 15 is 0 Å². The predicted octanol–water partition coefficient (Wildman–Crippen LogP) is 1.68. The summed E-state index contributed by atoms with van der Waals surface area (Å²) in [5.41, 5.74) is 3.24. The fraction of sp³-hybridized carbons (Fsp3) is 0.235. The summed E-state index contributed by atoms with van der Waals surface area (Å²) in [6, 6.07) is 6.09. The predicted molar refractivity (Wildman–Crippen MR) is 88.8 cm³/mol. The monoisotopic (exact) mass is 334 g/mol. The first-order valence-corrected chi connectivity index (χ1v) is 7.76. The van der Waals surface area contributed by atoms with Gasteiger partial charge < -0.3 is 9.64 Å². The highest BCUT2D eigenvalue weighted by Gasteiger charge is 2.33. The number of aromatic nitrogens is 4. The maximum Gasteiger partial charge on any atom is 0.316 e. The van der Waals surface area contributed by atoms with Crippen LogP contribution >= 0.6 is 0 Å². The van der Waals surface area contributed by atoms with Gasteiger partial charge in [0.1, 0.15) is 5.92 Å². The number of nitrogens with zero attached hydrogens (tertiary/aromatic N) is 6. The third-order valence-corrected chi connectivity index (χ3v) is 4.28. The van der Waals surface area contributed by atoms with Gasteiger partial charge in [-0.05, 0) is 18.6 Å². The molecule has 1 amide bonds. The fourth-order valence-electron chi connectivity index (χ4n) is 3.00. The standard InChI is InChI=1S/C17H14N6O2/c1-25-17-19-8-13(9-20-17)12-6-15-14(2-4-21-23(15)10-12)22-5-3-11(7-18)16(22)24/h2,4,6,8-11H,3,5H2,1H3. The molecule has 0 bridgehead atoms. The summed E-state index contributed by atoms with van der Waals surface area (Å²) in [6.07, 6.45) is 7.39. The van der Waals surface area contributed by atoms with Crippen LogP contribution in [-0.2, 0) is 4.79 Å². The zero-order valence-corrected chi connectivity index (χ0v) is 13.5. The summed E-state index contributed by atoms with van der Waals surface area (Å²) in [7, 11) is 1.51. The molecular formula is C17H14N6O2. The van der Waals surface area contributed by atoms with Crippen molar-refractivity contribution in [1.82, 2.24) is 19.6 Å². The van der Waals surface area contributed by atoms with Crippen molar-refractivity contribution in [1.29, 1.82) is 5.26 Å². The average Bonchev–Trinajstić information content (AvgIpc) is 3.25. The first kappa shape index (κ1) is 15.1. The molecule has 25 heavy (non-hydrogen) atoms. The first-order valence-electron chi connectivity index (χ1n) is 7.76. The zero-order valence-electron chi connectivity index (χ0n) is 13.5. The minimum atomic E-state index is -0.572. The van der Waals surface area contributed by atoms with Crippen molar-refractivity contribution in [2.45, 2.75) is 6.42 Å². The smallest absolute Gasteiger partial charge is 0.316 e. The topological polar surface area (TPSA) is 96.4 Å². The molecule has 0 aliphatic carbocycles. The van der Waals surface area contributed by atoms with E-state index in [-0.39, 0.29) is 5.91 Å². The average molecular weight is 334 g/mol. The van der Waals surface area contributed by atoms with Crippen molar-refractivity contribution < 1.29 is 9.53 Å². The Labute approximate surface area is 143 Å². The molecule has 1 unspecified atom stereocenters. The number of hydrogen-bond acceptors (Lipinski definition) is 6. The molecule has 1 saturated heterocycles. The van der Waals surface area contributed by atoms with Crippen molar-refractivity contribution in [3.05, 3.63) is 36.9 Å². The van der Waals surface area contributed by atoms with E-state index in [1.165, 1.54) is 7.11 Å². The van der Waals surface area contributed by atoms with Gasteiger partial charge in [-0.1, -0.05) is 0 Å². The first-order chi connectivity index (χ1) is 12.2. The summed E-state index contributed by atoms with van der Waals surface area (Å²) in [4.78, 5) is 22.2. The van der Waals surface area contributed by atoms with E-state index in [2.05, 4.69) is 21.1 Å². The third kappa shape index (κ3) is 2.46. The Morgan fingerprint density at radius 3 is 2.80 bits per heavy atom. The summed E-state index contributed by atoms with van der Waals surface area (Å²) < 4.78 is 6.68. The lowest BCUT2D eigenvalue weighted by molar-refractivity contribution is -0.118. The molecule has 124 valence electrons. The van der Waals surface area contributed by atoms with Gasteiger partial charge in [-0.2, -0.15) is 10.4 Å². The van der Waals surface area contributed by atoms with E-state index in [0.717, 1.165) is 22.3 Å². The largest absolute Gasteiger partial charge is 0.467 e. The van der Waals surface area contributed by atoms with Crippen molar-refractivity contribution in [2.24, 2.45) is 5.92 Å². The Morgan fingerprint density at radius 2 is 2.12 bits per heavy atom. The van der Waals surface area contributed by atoms with Crippen LogP contribution in [0.5, 0.6) is 6.01 Å². The van der Waals surface area contributed by atoms with Gasteiger partial charge in [-0.25, -0.2) is 14.5 Å². The van der Waals surface area contributed by atoms with E-state index in [1.54, 1.807) is 34.1 Å². The highest BCUT2D eigenvalue weighted by Crippen LogP contribution is 2.31. The fourth-order valence-corrected chi connectivity index (χ4v) is 3.00. The molecule has 1 atom stereocenters. The third-order valence-electron chi connectivity index (χ3n) is 4.28. The van der Waals surface area contributed by atoms with E-state index in [9.17, 15) is 4.79 Å². The summed E-state index contributed by atoms with van der Waals surface area (Å²) in [5.74, 6) is -0.733. The van der Waals surface area contributed by atoms with Crippen molar-refractivity contribution in [2.75, 3.05) is 18.6 Å². The molecule has 8 nitrogen and oxygen atoms in total. The molecule has 3 aromatic heterocycles. The minimum absolute atomic E-state index is 0.161. The van der Waals surface area contributed by atoms with Gasteiger partial charge in [0, 0.05) is 42.5 Å². The minimum Gasteiger partial charge on any atom is -0.467 e. The maximum absolute atomic E-state index is 12.4. The molecular weight excluding hydrogens is 320 g/mol. The Kier molecular flexibility index (Phi) is 3.54. The van der Waals surface area contributed by atoms with Crippen LogP contribution in [-0.4, -0.2) is 39.1 Å². The highest BCUT2D eigenvalue weighted by atomic mass is 16.5. The number of ether oxygens (including phenoxy) is 1. The van der Waals surface area contributed by atoms with Gasteiger partial charge in [0.2, 0.25) is 5.91 Å². The molecule has 0 spiro atoms. The summed E-state index contributed by atoms with van der Waals surface area (Å²) in [6.45, 7) is 0.531. The van der Waals surface area contributed by atoms with Gasteiger partial charge in [0.15, 0.2) is 0 Å². The Balaban J connectivity index is 1.76. The molecule has 1 fully saturated rings. The normalized spacial score (nSPS) is 17.0. The molecule has 0 saturated carbocycles. The lowest BCUT2D eigenvalue weighted by Crippen LogP contribution is -2.27. The van der Waals surface area contributed by atoms with Gasteiger partial charge in [-0.3, -0.25) is 4.79 Å². The lowest BCUT2D eigenvalue weighted by Gasteiger charge is -2.16. The van der Waals surface area contributed by atoms with Gasteiger partial charge in [0.05, 0.1) is 24.4 Å². The van der Waals surface area contributed by atoms with Crippen LogP contribution < -0.4 is 9.64 Å². The zero-order chi connectivity index (χ0) is 17.4. The van der Waals surface area contributed by atoms with Crippen LogP contribution in [0.25, 0.3) is 16.6 Å². The maximum atomic E-state index is 12.4. The van der Waals surface area contributed by atoms with E-state index in [4.69, 9.17) is 10.00 Å². The van der Waals surface area contributed by atoms with Crippen LogP contribution in [0.3, 0.4) is 0 Å². The second-order valence-electron chi connectivity index (χ2n) is 5.69. The van der Waals surface area contributed by atoms with E-state index in [0.29, 0.717) is 19.0 Å². The highest BCUT2D eigenvalue weighted by molar-refractivity contribution is 6.02. The van der Waals surface area contributed by atoms with Crippen molar-refractivity contribution in [3.63, 3.8) is 0 Å². The number of methoxy groups -OCH3 is 1.